The molecule has 3 rings (SSSR count). The van der Waals surface area contributed by atoms with Gasteiger partial charge in [-0.15, -0.1) is 0 Å². The first-order chi connectivity index (χ1) is 12.1. The molecule has 0 spiro atoms. The van der Waals surface area contributed by atoms with Gasteiger partial charge in [-0.05, 0) is 24.3 Å². The van der Waals surface area contributed by atoms with Crippen molar-refractivity contribution in [1.82, 2.24) is 15.3 Å². The molecule has 6 nitrogen and oxygen atoms in total. The maximum absolute atomic E-state index is 13.2. The molecule has 0 atom stereocenters. The predicted molar refractivity (Wildman–Crippen MR) is 87.8 cm³/mol. The molecule has 2 aromatic rings. The third kappa shape index (κ3) is 4.49. The van der Waals surface area contributed by atoms with Gasteiger partial charge >= 0.3 is 0 Å². The number of hydrazine groups is 1. The van der Waals surface area contributed by atoms with E-state index in [2.05, 4.69) is 20.7 Å². The number of morpholine rings is 1. The van der Waals surface area contributed by atoms with E-state index in [4.69, 9.17) is 4.74 Å². The summed E-state index contributed by atoms with van der Waals surface area (Å²) < 4.78 is 31.5. The number of anilines is 1. The van der Waals surface area contributed by atoms with Crippen LogP contribution in [0.15, 0.2) is 36.5 Å². The van der Waals surface area contributed by atoms with Gasteiger partial charge in [0.2, 0.25) is 0 Å². The lowest BCUT2D eigenvalue weighted by atomic mass is 10.2. The maximum atomic E-state index is 13.2. The van der Waals surface area contributed by atoms with Gasteiger partial charge in [-0.1, -0.05) is 6.07 Å². The van der Waals surface area contributed by atoms with Crippen molar-refractivity contribution < 1.29 is 18.3 Å². The molecule has 0 bridgehead atoms. The Morgan fingerprint density at radius 1 is 1.20 bits per heavy atom. The Balaban J connectivity index is 1.64. The van der Waals surface area contributed by atoms with Crippen molar-refractivity contribution in [1.29, 1.82) is 0 Å². The average molecular weight is 348 g/mol. The highest BCUT2D eigenvalue weighted by molar-refractivity contribution is 5.94. The van der Waals surface area contributed by atoms with Gasteiger partial charge < -0.3 is 4.74 Å². The van der Waals surface area contributed by atoms with Crippen molar-refractivity contribution in [3.8, 4) is 0 Å². The summed E-state index contributed by atoms with van der Waals surface area (Å²) in [6.45, 7) is 3.71. The standard InChI is InChI=1S/C17H18F2N4O2/c18-14-4-3-12(10-15(14)19)17(24)22-21-16-13(2-1-5-20-16)11-23-6-8-25-9-7-23/h1-5,10H,6-9,11H2,(H,20,21)(H,22,24). The lowest BCUT2D eigenvalue weighted by Crippen LogP contribution is -2.36. The van der Waals surface area contributed by atoms with E-state index < -0.39 is 17.5 Å². The lowest BCUT2D eigenvalue weighted by Gasteiger charge is -2.27. The Kier molecular flexibility index (Phi) is 5.52. The van der Waals surface area contributed by atoms with Crippen molar-refractivity contribution >= 4 is 11.7 Å². The topological polar surface area (TPSA) is 66.5 Å². The van der Waals surface area contributed by atoms with Gasteiger partial charge in [0.1, 0.15) is 5.82 Å². The molecule has 1 saturated heterocycles. The molecule has 0 radical (unpaired) electrons. The monoisotopic (exact) mass is 348 g/mol. The second-order valence-corrected chi connectivity index (χ2v) is 5.61. The summed E-state index contributed by atoms with van der Waals surface area (Å²) in [5, 5.41) is 0. The largest absolute Gasteiger partial charge is 0.379 e. The fourth-order valence-corrected chi connectivity index (χ4v) is 2.50. The van der Waals surface area contributed by atoms with E-state index in [0.717, 1.165) is 30.8 Å². The minimum Gasteiger partial charge on any atom is -0.379 e. The van der Waals surface area contributed by atoms with Gasteiger partial charge in [0, 0.05) is 37.0 Å². The summed E-state index contributed by atoms with van der Waals surface area (Å²) in [6.07, 6.45) is 1.61. The number of hydrogen-bond donors (Lipinski definition) is 2. The molecule has 1 aliphatic heterocycles. The van der Waals surface area contributed by atoms with Crippen LogP contribution in [0.4, 0.5) is 14.6 Å². The first-order valence-electron chi connectivity index (χ1n) is 7.89. The van der Waals surface area contributed by atoms with E-state index in [1.165, 1.54) is 6.07 Å². The number of carbonyl (C=O) groups is 1. The molecule has 1 amide bonds. The van der Waals surface area contributed by atoms with Crippen molar-refractivity contribution in [2.45, 2.75) is 6.54 Å². The van der Waals surface area contributed by atoms with E-state index in [1.54, 1.807) is 6.20 Å². The molecular weight excluding hydrogens is 330 g/mol. The minimum atomic E-state index is -1.07. The zero-order chi connectivity index (χ0) is 17.6. The molecule has 25 heavy (non-hydrogen) atoms. The van der Waals surface area contributed by atoms with Crippen LogP contribution in [-0.4, -0.2) is 42.1 Å². The number of aromatic nitrogens is 1. The van der Waals surface area contributed by atoms with Gasteiger partial charge in [0.15, 0.2) is 11.6 Å². The zero-order valence-electron chi connectivity index (χ0n) is 13.5. The number of amides is 1. The molecule has 0 aliphatic carbocycles. The zero-order valence-corrected chi connectivity index (χ0v) is 13.5. The van der Waals surface area contributed by atoms with Gasteiger partial charge in [-0.25, -0.2) is 13.8 Å². The molecule has 1 aliphatic rings. The Morgan fingerprint density at radius 2 is 2.00 bits per heavy atom. The first kappa shape index (κ1) is 17.2. The third-order valence-electron chi connectivity index (χ3n) is 3.87. The number of hydrogen-bond acceptors (Lipinski definition) is 5. The molecule has 1 fully saturated rings. The smallest absolute Gasteiger partial charge is 0.269 e. The summed E-state index contributed by atoms with van der Waals surface area (Å²) in [5.41, 5.74) is 6.13. The van der Waals surface area contributed by atoms with Crippen LogP contribution in [0.3, 0.4) is 0 Å². The number of ether oxygens (including phenoxy) is 1. The van der Waals surface area contributed by atoms with Gasteiger partial charge in [-0.2, -0.15) is 0 Å². The van der Waals surface area contributed by atoms with Crippen LogP contribution in [0.25, 0.3) is 0 Å². The highest BCUT2D eigenvalue weighted by atomic mass is 19.2. The van der Waals surface area contributed by atoms with Crippen LogP contribution in [0, 0.1) is 11.6 Å². The van der Waals surface area contributed by atoms with Crippen LogP contribution in [-0.2, 0) is 11.3 Å². The lowest BCUT2D eigenvalue weighted by molar-refractivity contribution is 0.0342. The molecule has 1 aromatic carbocycles. The Labute approximate surface area is 143 Å². The first-order valence-corrected chi connectivity index (χ1v) is 7.89. The Hall–Kier alpha value is -2.58. The van der Waals surface area contributed by atoms with E-state index in [-0.39, 0.29) is 5.56 Å². The van der Waals surface area contributed by atoms with Crippen molar-refractivity contribution in [3.63, 3.8) is 0 Å². The van der Waals surface area contributed by atoms with Gasteiger partial charge in [0.05, 0.1) is 13.2 Å². The minimum absolute atomic E-state index is 0.0112. The molecule has 8 heteroatoms. The van der Waals surface area contributed by atoms with Crippen LogP contribution >= 0.6 is 0 Å². The van der Waals surface area contributed by atoms with Crippen molar-refractivity contribution in [3.05, 3.63) is 59.3 Å². The molecule has 1 aromatic heterocycles. The second kappa shape index (κ2) is 8.00. The molecule has 2 N–H and O–H groups in total. The molecule has 0 saturated carbocycles. The number of nitrogens with zero attached hydrogens (tertiary/aromatic N) is 2. The highest BCUT2D eigenvalue weighted by Crippen LogP contribution is 2.15. The number of nitrogens with one attached hydrogen (secondary N) is 2. The summed E-state index contributed by atoms with van der Waals surface area (Å²) in [6, 6.07) is 6.70. The summed E-state index contributed by atoms with van der Waals surface area (Å²) >= 11 is 0. The second-order valence-electron chi connectivity index (χ2n) is 5.61. The fraction of sp³-hybridized carbons (Fsp3) is 0.294. The number of benzene rings is 1. The van der Waals surface area contributed by atoms with Crippen LogP contribution in [0.5, 0.6) is 0 Å². The fourth-order valence-electron chi connectivity index (χ4n) is 2.50. The van der Waals surface area contributed by atoms with Crippen LogP contribution < -0.4 is 10.9 Å². The molecule has 0 unspecified atom stereocenters. The van der Waals surface area contributed by atoms with Crippen LogP contribution in [0.1, 0.15) is 15.9 Å². The van der Waals surface area contributed by atoms with E-state index in [9.17, 15) is 13.6 Å². The van der Waals surface area contributed by atoms with Crippen molar-refractivity contribution in [2.24, 2.45) is 0 Å². The SMILES string of the molecule is O=C(NNc1ncccc1CN1CCOCC1)c1ccc(F)c(F)c1. The Morgan fingerprint density at radius 3 is 2.76 bits per heavy atom. The quantitative estimate of drug-likeness (QED) is 0.809. The third-order valence-corrected chi connectivity index (χ3v) is 3.87. The normalized spacial score (nSPS) is 15.0. The van der Waals surface area contributed by atoms with Crippen LogP contribution in [0.2, 0.25) is 0 Å². The summed E-state index contributed by atoms with van der Waals surface area (Å²) in [7, 11) is 0. The highest BCUT2D eigenvalue weighted by Gasteiger charge is 2.14. The number of halogens is 2. The van der Waals surface area contributed by atoms with Gasteiger partial charge in [-0.3, -0.25) is 20.5 Å². The van der Waals surface area contributed by atoms with E-state index in [0.29, 0.717) is 25.6 Å². The van der Waals surface area contributed by atoms with E-state index >= 15 is 0 Å². The average Bonchev–Trinajstić information content (AvgIpc) is 2.64. The summed E-state index contributed by atoms with van der Waals surface area (Å²) in [5.74, 6) is -2.15. The number of carbonyl (C=O) groups excluding carboxylic acids is 1. The molecule has 132 valence electrons. The van der Waals surface area contributed by atoms with Gasteiger partial charge in [0.25, 0.3) is 5.91 Å². The molecule has 2 heterocycles. The summed E-state index contributed by atoms with van der Waals surface area (Å²) in [4.78, 5) is 18.5. The predicted octanol–water partition coefficient (Wildman–Crippen LogP) is 1.95. The Bertz CT molecular complexity index is 751. The van der Waals surface area contributed by atoms with Crippen molar-refractivity contribution in [2.75, 3.05) is 31.7 Å². The molecular formula is C17H18F2N4O2. The van der Waals surface area contributed by atoms with E-state index in [1.807, 2.05) is 12.1 Å². The maximum Gasteiger partial charge on any atom is 0.269 e. The number of pyridine rings is 1. The number of rotatable bonds is 5.